The quantitative estimate of drug-likeness (QED) is 0.426. The first-order chi connectivity index (χ1) is 12.7. The van der Waals surface area contributed by atoms with Gasteiger partial charge in [0.15, 0.2) is 0 Å². The predicted octanol–water partition coefficient (Wildman–Crippen LogP) is 5.89. The van der Waals surface area contributed by atoms with Gasteiger partial charge >= 0.3 is 0 Å². The van der Waals surface area contributed by atoms with Gasteiger partial charge in [0, 0.05) is 21.7 Å². The molecule has 4 heteroatoms. The van der Waals surface area contributed by atoms with Gasteiger partial charge < -0.3 is 4.42 Å². The maximum atomic E-state index is 13.0. The van der Waals surface area contributed by atoms with E-state index in [1.807, 2.05) is 60.7 Å². The molecule has 4 rings (SSSR count). The first-order valence-electron chi connectivity index (χ1n) is 8.14. The molecule has 0 bridgehead atoms. The van der Waals surface area contributed by atoms with Gasteiger partial charge in [-0.25, -0.2) is 4.98 Å². The minimum atomic E-state index is -0.197. The van der Waals surface area contributed by atoms with Crippen LogP contribution < -0.4 is 0 Å². The molecule has 0 saturated heterocycles. The maximum Gasteiger partial charge on any atom is 0.230 e. The molecule has 0 saturated carbocycles. The lowest BCUT2D eigenvalue weighted by atomic mass is 10.0. The fourth-order valence-corrected chi connectivity index (χ4v) is 2.83. The third-order valence-electron chi connectivity index (χ3n) is 4.01. The van der Waals surface area contributed by atoms with Crippen LogP contribution in [0.4, 0.5) is 0 Å². The van der Waals surface area contributed by atoms with Gasteiger partial charge in [0.25, 0.3) is 0 Å². The van der Waals surface area contributed by atoms with E-state index in [0.29, 0.717) is 22.2 Å². The van der Waals surface area contributed by atoms with Crippen molar-refractivity contribution in [3.05, 3.63) is 101 Å². The third kappa shape index (κ3) is 3.17. The second-order valence-corrected chi connectivity index (χ2v) is 6.20. The van der Waals surface area contributed by atoms with E-state index < -0.39 is 0 Å². The number of carbonyl (C=O) groups is 1. The SMILES string of the molecule is O=C(c1ccccc1)c1oc(-c2ccc(Cl)cc2)nc1-c1ccccc1. The maximum absolute atomic E-state index is 13.0. The van der Waals surface area contributed by atoms with E-state index in [2.05, 4.69) is 4.98 Å². The Morgan fingerprint density at radius 2 is 1.38 bits per heavy atom. The molecular weight excluding hydrogens is 346 g/mol. The van der Waals surface area contributed by atoms with Crippen LogP contribution in [0.3, 0.4) is 0 Å². The molecule has 0 aliphatic rings. The molecule has 0 aliphatic carbocycles. The van der Waals surface area contributed by atoms with Crippen LogP contribution in [0.25, 0.3) is 22.7 Å². The zero-order chi connectivity index (χ0) is 17.9. The van der Waals surface area contributed by atoms with E-state index >= 15 is 0 Å². The number of aromatic nitrogens is 1. The summed E-state index contributed by atoms with van der Waals surface area (Å²) in [6, 6.07) is 25.8. The molecule has 0 aliphatic heterocycles. The average molecular weight is 360 g/mol. The van der Waals surface area contributed by atoms with Gasteiger partial charge in [-0.2, -0.15) is 0 Å². The first kappa shape index (κ1) is 16.3. The van der Waals surface area contributed by atoms with Crippen LogP contribution in [0, 0.1) is 0 Å². The van der Waals surface area contributed by atoms with Crippen LogP contribution in [-0.2, 0) is 0 Å². The molecule has 1 aromatic heterocycles. The van der Waals surface area contributed by atoms with Gasteiger partial charge in [-0.15, -0.1) is 0 Å². The molecule has 26 heavy (non-hydrogen) atoms. The van der Waals surface area contributed by atoms with E-state index in [0.717, 1.165) is 11.1 Å². The van der Waals surface area contributed by atoms with Crippen LogP contribution in [0.15, 0.2) is 89.3 Å². The molecule has 1 heterocycles. The second kappa shape index (κ2) is 6.98. The molecule has 4 aromatic rings. The molecule has 0 atom stereocenters. The molecule has 0 amide bonds. The Morgan fingerprint density at radius 1 is 0.769 bits per heavy atom. The zero-order valence-electron chi connectivity index (χ0n) is 13.7. The Kier molecular flexibility index (Phi) is 4.38. The summed E-state index contributed by atoms with van der Waals surface area (Å²) >= 11 is 5.96. The fourth-order valence-electron chi connectivity index (χ4n) is 2.70. The minimum Gasteiger partial charge on any atom is -0.432 e. The van der Waals surface area contributed by atoms with Crippen molar-refractivity contribution in [2.45, 2.75) is 0 Å². The third-order valence-corrected chi connectivity index (χ3v) is 4.26. The Hall–Kier alpha value is -3.17. The van der Waals surface area contributed by atoms with E-state index in [1.54, 1.807) is 24.3 Å². The highest BCUT2D eigenvalue weighted by Crippen LogP contribution is 2.31. The van der Waals surface area contributed by atoms with Gasteiger partial charge in [0.1, 0.15) is 5.69 Å². The Labute approximate surface area is 155 Å². The summed E-state index contributed by atoms with van der Waals surface area (Å²) in [4.78, 5) is 17.6. The highest BCUT2D eigenvalue weighted by Gasteiger charge is 2.23. The molecular formula is C22H14ClNO2. The molecule has 0 N–H and O–H groups in total. The van der Waals surface area contributed by atoms with Crippen LogP contribution >= 0.6 is 11.6 Å². The summed E-state index contributed by atoms with van der Waals surface area (Å²) in [6.07, 6.45) is 0. The van der Waals surface area contributed by atoms with Crippen LogP contribution in [0.1, 0.15) is 16.1 Å². The van der Waals surface area contributed by atoms with Crippen molar-refractivity contribution < 1.29 is 9.21 Å². The van der Waals surface area contributed by atoms with Crippen LogP contribution in [0.2, 0.25) is 5.02 Å². The molecule has 3 nitrogen and oxygen atoms in total. The summed E-state index contributed by atoms with van der Waals surface area (Å²) in [5.74, 6) is 0.421. The summed E-state index contributed by atoms with van der Waals surface area (Å²) in [5, 5.41) is 0.629. The molecule has 3 aromatic carbocycles. The predicted molar refractivity (Wildman–Crippen MR) is 102 cm³/mol. The zero-order valence-corrected chi connectivity index (χ0v) is 14.5. The van der Waals surface area contributed by atoms with Crippen molar-refractivity contribution in [3.8, 4) is 22.7 Å². The van der Waals surface area contributed by atoms with Gasteiger partial charge in [-0.1, -0.05) is 72.3 Å². The van der Waals surface area contributed by atoms with E-state index in [4.69, 9.17) is 16.0 Å². The smallest absolute Gasteiger partial charge is 0.230 e. The lowest BCUT2D eigenvalue weighted by molar-refractivity contribution is 0.101. The highest BCUT2D eigenvalue weighted by molar-refractivity contribution is 6.30. The number of ketones is 1. The van der Waals surface area contributed by atoms with E-state index in [-0.39, 0.29) is 11.5 Å². The van der Waals surface area contributed by atoms with E-state index in [9.17, 15) is 4.79 Å². The number of benzene rings is 3. The standard InChI is InChI=1S/C22H14ClNO2/c23-18-13-11-17(12-14-18)22-24-19(15-7-3-1-4-8-15)21(26-22)20(25)16-9-5-2-6-10-16/h1-14H. The Bertz CT molecular complexity index is 1040. The number of hydrogen-bond acceptors (Lipinski definition) is 3. The average Bonchev–Trinajstić information content (AvgIpc) is 3.15. The summed E-state index contributed by atoms with van der Waals surface area (Å²) in [7, 11) is 0. The Morgan fingerprint density at radius 3 is 2.04 bits per heavy atom. The fraction of sp³-hybridized carbons (Fsp3) is 0. The summed E-state index contributed by atoms with van der Waals surface area (Å²) in [5.41, 5.74) is 2.68. The number of carbonyl (C=O) groups excluding carboxylic acids is 1. The van der Waals surface area contributed by atoms with Crippen LogP contribution in [0.5, 0.6) is 0 Å². The number of rotatable bonds is 4. The van der Waals surface area contributed by atoms with Crippen molar-refractivity contribution in [2.75, 3.05) is 0 Å². The van der Waals surface area contributed by atoms with Crippen LogP contribution in [-0.4, -0.2) is 10.8 Å². The lowest BCUT2D eigenvalue weighted by Gasteiger charge is -2.00. The molecule has 0 radical (unpaired) electrons. The highest BCUT2D eigenvalue weighted by atomic mass is 35.5. The topological polar surface area (TPSA) is 43.1 Å². The van der Waals surface area contributed by atoms with Crippen molar-refractivity contribution in [3.63, 3.8) is 0 Å². The second-order valence-electron chi connectivity index (χ2n) is 5.76. The molecule has 0 spiro atoms. The summed E-state index contributed by atoms with van der Waals surface area (Å²) in [6.45, 7) is 0. The van der Waals surface area contributed by atoms with Crippen molar-refractivity contribution in [1.29, 1.82) is 0 Å². The number of halogens is 1. The van der Waals surface area contributed by atoms with Crippen molar-refractivity contribution in [1.82, 2.24) is 4.98 Å². The van der Waals surface area contributed by atoms with Crippen molar-refractivity contribution >= 4 is 17.4 Å². The first-order valence-corrected chi connectivity index (χ1v) is 8.52. The minimum absolute atomic E-state index is 0.197. The van der Waals surface area contributed by atoms with Gasteiger partial charge in [0.05, 0.1) is 0 Å². The summed E-state index contributed by atoms with van der Waals surface area (Å²) < 4.78 is 5.91. The number of hydrogen-bond donors (Lipinski definition) is 0. The van der Waals surface area contributed by atoms with Gasteiger partial charge in [-0.05, 0) is 24.3 Å². The monoisotopic (exact) mass is 359 g/mol. The molecule has 126 valence electrons. The Balaban J connectivity index is 1.86. The van der Waals surface area contributed by atoms with E-state index in [1.165, 1.54) is 0 Å². The number of oxazole rings is 1. The molecule has 0 fully saturated rings. The largest absolute Gasteiger partial charge is 0.432 e. The normalized spacial score (nSPS) is 10.7. The number of nitrogens with zero attached hydrogens (tertiary/aromatic N) is 1. The van der Waals surface area contributed by atoms with Gasteiger partial charge in [0.2, 0.25) is 17.4 Å². The lowest BCUT2D eigenvalue weighted by Crippen LogP contribution is -2.01. The van der Waals surface area contributed by atoms with Gasteiger partial charge in [-0.3, -0.25) is 4.79 Å². The van der Waals surface area contributed by atoms with Crippen molar-refractivity contribution in [2.24, 2.45) is 0 Å². The molecule has 0 unspecified atom stereocenters.